The maximum absolute atomic E-state index is 12.9. The quantitative estimate of drug-likeness (QED) is 0.590. The minimum atomic E-state index is -0.134. The minimum Gasteiger partial charge on any atom is -0.345 e. The summed E-state index contributed by atoms with van der Waals surface area (Å²) in [6, 6.07) is 15.7. The van der Waals surface area contributed by atoms with Crippen molar-refractivity contribution in [2.24, 2.45) is 0 Å². The molecule has 1 unspecified atom stereocenters. The van der Waals surface area contributed by atoms with Crippen LogP contribution in [0.5, 0.6) is 0 Å². The molecule has 4 aromatic rings. The van der Waals surface area contributed by atoms with E-state index in [2.05, 4.69) is 20.4 Å². The molecule has 0 saturated carbocycles. The Bertz CT molecular complexity index is 1130. The Morgan fingerprint density at radius 1 is 1.07 bits per heavy atom. The molecule has 2 aromatic heterocycles. The van der Waals surface area contributed by atoms with Crippen molar-refractivity contribution in [1.82, 2.24) is 25.1 Å². The van der Waals surface area contributed by atoms with Crippen molar-refractivity contribution >= 4 is 16.8 Å². The molecule has 1 atom stereocenters. The van der Waals surface area contributed by atoms with Crippen LogP contribution in [0.2, 0.25) is 0 Å². The molecule has 4 rings (SSSR count). The predicted molar refractivity (Wildman–Crippen MR) is 108 cm³/mol. The molecule has 1 amide bonds. The van der Waals surface area contributed by atoms with Gasteiger partial charge in [0.2, 0.25) is 0 Å². The Morgan fingerprint density at radius 3 is 2.57 bits per heavy atom. The predicted octanol–water partition coefficient (Wildman–Crippen LogP) is 3.92. The van der Waals surface area contributed by atoms with Crippen molar-refractivity contribution in [2.75, 3.05) is 0 Å². The molecule has 0 fully saturated rings. The van der Waals surface area contributed by atoms with E-state index in [0.717, 1.165) is 33.4 Å². The van der Waals surface area contributed by atoms with Gasteiger partial charge in [0.1, 0.15) is 12.7 Å². The summed E-state index contributed by atoms with van der Waals surface area (Å²) in [5.41, 5.74) is 5.30. The summed E-state index contributed by atoms with van der Waals surface area (Å²) in [7, 11) is 0. The second-order valence-electron chi connectivity index (χ2n) is 6.94. The van der Waals surface area contributed by atoms with Gasteiger partial charge in [0.15, 0.2) is 0 Å². The molecular formula is C22H21N5O. The number of nitrogens with one attached hydrogen (secondary N) is 1. The zero-order valence-corrected chi connectivity index (χ0v) is 16.0. The van der Waals surface area contributed by atoms with Crippen LogP contribution in [0, 0.1) is 13.8 Å². The highest BCUT2D eigenvalue weighted by Crippen LogP contribution is 2.20. The average molecular weight is 371 g/mol. The highest BCUT2D eigenvalue weighted by Gasteiger charge is 2.15. The molecular weight excluding hydrogens is 350 g/mol. The van der Waals surface area contributed by atoms with Gasteiger partial charge in [0.25, 0.3) is 5.91 Å². The number of aromatic nitrogens is 4. The van der Waals surface area contributed by atoms with Crippen molar-refractivity contribution < 1.29 is 4.79 Å². The van der Waals surface area contributed by atoms with Crippen LogP contribution in [0.15, 0.2) is 61.2 Å². The van der Waals surface area contributed by atoms with Gasteiger partial charge in [-0.2, -0.15) is 5.10 Å². The second-order valence-corrected chi connectivity index (χ2v) is 6.94. The van der Waals surface area contributed by atoms with Gasteiger partial charge in [0, 0.05) is 5.39 Å². The molecule has 2 heterocycles. The molecule has 0 spiro atoms. The highest BCUT2D eigenvalue weighted by molar-refractivity contribution is 5.98. The Hall–Kier alpha value is -3.54. The van der Waals surface area contributed by atoms with Crippen LogP contribution in [-0.2, 0) is 0 Å². The van der Waals surface area contributed by atoms with E-state index >= 15 is 0 Å². The van der Waals surface area contributed by atoms with Crippen LogP contribution in [-0.4, -0.2) is 25.7 Å². The number of aryl methyl sites for hydroxylation is 2. The summed E-state index contributed by atoms with van der Waals surface area (Å²) in [5, 5.41) is 8.16. The fraction of sp³-hybridized carbons (Fsp3) is 0.182. The van der Waals surface area contributed by atoms with Crippen molar-refractivity contribution in [1.29, 1.82) is 0 Å². The first-order chi connectivity index (χ1) is 13.5. The van der Waals surface area contributed by atoms with E-state index in [4.69, 9.17) is 0 Å². The van der Waals surface area contributed by atoms with Crippen molar-refractivity contribution in [2.45, 2.75) is 26.8 Å². The third-order valence-corrected chi connectivity index (χ3v) is 4.83. The zero-order valence-electron chi connectivity index (χ0n) is 16.0. The van der Waals surface area contributed by atoms with Gasteiger partial charge in [-0.1, -0.05) is 23.8 Å². The largest absolute Gasteiger partial charge is 0.345 e. The van der Waals surface area contributed by atoms with Gasteiger partial charge in [-0.05, 0) is 56.7 Å². The third-order valence-electron chi connectivity index (χ3n) is 4.83. The maximum atomic E-state index is 12.9. The Morgan fingerprint density at radius 2 is 1.86 bits per heavy atom. The number of pyridine rings is 1. The van der Waals surface area contributed by atoms with Gasteiger partial charge in [-0.3, -0.25) is 9.78 Å². The third kappa shape index (κ3) is 3.49. The normalized spacial score (nSPS) is 12.1. The van der Waals surface area contributed by atoms with Gasteiger partial charge >= 0.3 is 0 Å². The van der Waals surface area contributed by atoms with Crippen LogP contribution in [0.25, 0.3) is 16.6 Å². The first-order valence-corrected chi connectivity index (χ1v) is 9.15. The smallest absolute Gasteiger partial charge is 0.253 e. The number of hydrogen-bond acceptors (Lipinski definition) is 4. The van der Waals surface area contributed by atoms with E-state index in [0.29, 0.717) is 5.56 Å². The van der Waals surface area contributed by atoms with Gasteiger partial charge in [-0.15, -0.1) is 0 Å². The number of nitrogens with zero attached hydrogens (tertiary/aromatic N) is 4. The van der Waals surface area contributed by atoms with E-state index in [1.807, 2.05) is 69.3 Å². The van der Waals surface area contributed by atoms with Gasteiger partial charge in [0.05, 0.1) is 28.5 Å². The molecule has 28 heavy (non-hydrogen) atoms. The molecule has 0 radical (unpaired) electrons. The molecule has 0 saturated heterocycles. The van der Waals surface area contributed by atoms with Crippen LogP contribution < -0.4 is 5.32 Å². The van der Waals surface area contributed by atoms with Crippen LogP contribution in [0.3, 0.4) is 0 Å². The molecule has 0 aliphatic heterocycles. The number of amides is 1. The summed E-state index contributed by atoms with van der Waals surface area (Å²) < 4.78 is 1.69. The Balaban J connectivity index is 1.54. The van der Waals surface area contributed by atoms with Crippen LogP contribution in [0.4, 0.5) is 0 Å². The molecule has 6 nitrogen and oxygen atoms in total. The standard InChI is InChI=1S/C22H21N5O/c1-14-4-9-21-18(10-14)11-20(16(3)25-21)22(28)26-15(2)17-5-7-19(8-6-17)27-13-23-12-24-27/h4-13,15H,1-3H3,(H,26,28). The molecule has 0 bridgehead atoms. The fourth-order valence-corrected chi connectivity index (χ4v) is 3.24. The number of fused-ring (bicyclic) bond motifs is 1. The lowest BCUT2D eigenvalue weighted by atomic mass is 10.0. The summed E-state index contributed by atoms with van der Waals surface area (Å²) in [4.78, 5) is 21.4. The van der Waals surface area contributed by atoms with Crippen molar-refractivity contribution in [3.8, 4) is 5.69 Å². The maximum Gasteiger partial charge on any atom is 0.253 e. The van der Waals surface area contributed by atoms with Crippen molar-refractivity contribution in [3.63, 3.8) is 0 Å². The lowest BCUT2D eigenvalue weighted by Crippen LogP contribution is -2.27. The van der Waals surface area contributed by atoms with E-state index in [9.17, 15) is 4.79 Å². The van der Waals surface area contributed by atoms with E-state index in [1.54, 1.807) is 11.0 Å². The van der Waals surface area contributed by atoms with Gasteiger partial charge in [-0.25, -0.2) is 9.67 Å². The van der Waals surface area contributed by atoms with Crippen LogP contribution in [0.1, 0.15) is 40.1 Å². The topological polar surface area (TPSA) is 72.7 Å². The molecule has 6 heteroatoms. The first-order valence-electron chi connectivity index (χ1n) is 9.15. The Labute approximate surface area is 163 Å². The summed E-state index contributed by atoms with van der Waals surface area (Å²) in [6.07, 6.45) is 3.15. The highest BCUT2D eigenvalue weighted by atomic mass is 16.1. The monoisotopic (exact) mass is 371 g/mol. The number of carbonyl (C=O) groups excluding carboxylic acids is 1. The zero-order chi connectivity index (χ0) is 19.7. The molecule has 1 N–H and O–H groups in total. The lowest BCUT2D eigenvalue weighted by Gasteiger charge is -2.16. The number of rotatable bonds is 4. The lowest BCUT2D eigenvalue weighted by molar-refractivity contribution is 0.0939. The number of carbonyl (C=O) groups is 1. The Kier molecular flexibility index (Phi) is 4.61. The summed E-state index contributed by atoms with van der Waals surface area (Å²) in [5.74, 6) is -0.124. The molecule has 0 aliphatic carbocycles. The average Bonchev–Trinajstić information content (AvgIpc) is 3.22. The number of benzene rings is 2. The van der Waals surface area contributed by atoms with Gasteiger partial charge < -0.3 is 5.32 Å². The van der Waals surface area contributed by atoms with E-state index in [-0.39, 0.29) is 11.9 Å². The van der Waals surface area contributed by atoms with E-state index in [1.165, 1.54) is 6.33 Å². The summed E-state index contributed by atoms with van der Waals surface area (Å²) in [6.45, 7) is 5.87. The van der Waals surface area contributed by atoms with Crippen molar-refractivity contribution in [3.05, 3.63) is 83.6 Å². The summed E-state index contributed by atoms with van der Waals surface area (Å²) >= 11 is 0. The molecule has 2 aromatic carbocycles. The SMILES string of the molecule is Cc1ccc2nc(C)c(C(=O)NC(C)c3ccc(-n4cncn4)cc3)cc2c1. The van der Waals surface area contributed by atoms with Crippen LogP contribution >= 0.6 is 0 Å². The first kappa shape index (κ1) is 17.9. The number of hydrogen-bond donors (Lipinski definition) is 1. The fourth-order valence-electron chi connectivity index (χ4n) is 3.24. The molecule has 0 aliphatic rings. The second kappa shape index (κ2) is 7.23. The molecule has 140 valence electrons. The minimum absolute atomic E-state index is 0.124. The van der Waals surface area contributed by atoms with E-state index < -0.39 is 0 Å².